The summed E-state index contributed by atoms with van der Waals surface area (Å²) in [5.41, 5.74) is -0.265. The fourth-order valence-corrected chi connectivity index (χ4v) is 4.91. The largest absolute Gasteiger partial charge is 0.339 e. The standard InChI is InChI=1S/C22H27ClN4O4/c1-14(28)25-8-10-26(11-9-25)20(29)16-4-2-15(3-5-16)13-27-21(30)18-12-17(23)6-7-19(18)24-22(27)31/h6-7,12,15-16H,2-5,8-11,13H2,1H3,(H,24,31)/t15-,16-. The fourth-order valence-electron chi connectivity index (χ4n) is 4.74. The Morgan fingerprint density at radius 2 is 1.68 bits per heavy atom. The van der Waals surface area contributed by atoms with Gasteiger partial charge in [0.15, 0.2) is 0 Å². The van der Waals surface area contributed by atoms with E-state index < -0.39 is 5.69 Å². The van der Waals surface area contributed by atoms with Crippen molar-refractivity contribution in [2.45, 2.75) is 39.2 Å². The first-order valence-electron chi connectivity index (χ1n) is 10.8. The summed E-state index contributed by atoms with van der Waals surface area (Å²) >= 11 is 6.01. The van der Waals surface area contributed by atoms with Crippen molar-refractivity contribution in [2.24, 2.45) is 11.8 Å². The number of nitrogens with zero attached hydrogens (tertiary/aromatic N) is 3. The van der Waals surface area contributed by atoms with Crippen LogP contribution in [0.25, 0.3) is 10.9 Å². The third kappa shape index (κ3) is 4.54. The normalized spacial score (nSPS) is 22.0. The van der Waals surface area contributed by atoms with Crippen molar-refractivity contribution in [3.8, 4) is 0 Å². The number of amides is 2. The number of aromatic nitrogens is 2. The zero-order chi connectivity index (χ0) is 22.1. The number of halogens is 1. The van der Waals surface area contributed by atoms with Gasteiger partial charge in [0.1, 0.15) is 0 Å². The van der Waals surface area contributed by atoms with Crippen LogP contribution in [-0.2, 0) is 16.1 Å². The highest BCUT2D eigenvalue weighted by atomic mass is 35.5. The minimum Gasteiger partial charge on any atom is -0.339 e. The number of hydrogen-bond donors (Lipinski definition) is 1. The lowest BCUT2D eigenvalue weighted by atomic mass is 9.81. The van der Waals surface area contributed by atoms with Crippen molar-refractivity contribution in [3.63, 3.8) is 0 Å². The maximum absolute atomic E-state index is 12.9. The van der Waals surface area contributed by atoms with E-state index in [0.29, 0.717) is 48.6 Å². The Hall–Kier alpha value is -2.61. The van der Waals surface area contributed by atoms with Crippen LogP contribution in [-0.4, -0.2) is 57.3 Å². The highest BCUT2D eigenvalue weighted by Crippen LogP contribution is 2.31. The van der Waals surface area contributed by atoms with Crippen LogP contribution in [0.5, 0.6) is 0 Å². The molecule has 166 valence electrons. The molecule has 0 unspecified atom stereocenters. The number of fused-ring (bicyclic) bond motifs is 1. The van der Waals surface area contributed by atoms with Gasteiger partial charge in [0.05, 0.1) is 10.9 Å². The number of piperazine rings is 1. The Morgan fingerprint density at radius 3 is 2.32 bits per heavy atom. The highest BCUT2D eigenvalue weighted by molar-refractivity contribution is 6.31. The maximum Gasteiger partial charge on any atom is 0.328 e. The van der Waals surface area contributed by atoms with Crippen LogP contribution < -0.4 is 11.2 Å². The number of H-pyrrole nitrogens is 1. The quantitative estimate of drug-likeness (QED) is 0.778. The van der Waals surface area contributed by atoms with Gasteiger partial charge in [-0.15, -0.1) is 0 Å². The molecular weight excluding hydrogens is 420 g/mol. The number of carbonyl (C=O) groups excluding carboxylic acids is 2. The molecule has 1 aliphatic carbocycles. The van der Waals surface area contributed by atoms with Gasteiger partial charge >= 0.3 is 5.69 Å². The van der Waals surface area contributed by atoms with Crippen molar-refractivity contribution in [3.05, 3.63) is 44.1 Å². The second-order valence-electron chi connectivity index (χ2n) is 8.58. The smallest absolute Gasteiger partial charge is 0.328 e. The van der Waals surface area contributed by atoms with Crippen molar-refractivity contribution < 1.29 is 9.59 Å². The average Bonchev–Trinajstić information content (AvgIpc) is 2.77. The molecule has 1 saturated carbocycles. The Kier molecular flexibility index (Phi) is 6.18. The zero-order valence-electron chi connectivity index (χ0n) is 17.6. The number of carbonyl (C=O) groups is 2. The summed E-state index contributed by atoms with van der Waals surface area (Å²) in [7, 11) is 0. The van der Waals surface area contributed by atoms with Gasteiger partial charge in [-0.1, -0.05) is 11.6 Å². The summed E-state index contributed by atoms with van der Waals surface area (Å²) < 4.78 is 1.26. The minimum atomic E-state index is -0.415. The summed E-state index contributed by atoms with van der Waals surface area (Å²) in [6.07, 6.45) is 3.09. The first-order valence-corrected chi connectivity index (χ1v) is 11.2. The summed E-state index contributed by atoms with van der Waals surface area (Å²) in [6, 6.07) is 4.85. The summed E-state index contributed by atoms with van der Waals surface area (Å²) in [5.74, 6) is 0.366. The van der Waals surface area contributed by atoms with E-state index in [-0.39, 0.29) is 29.2 Å². The van der Waals surface area contributed by atoms with Gasteiger partial charge in [-0.25, -0.2) is 4.79 Å². The van der Waals surface area contributed by atoms with E-state index in [1.165, 1.54) is 4.57 Å². The summed E-state index contributed by atoms with van der Waals surface area (Å²) in [4.78, 5) is 56.0. The van der Waals surface area contributed by atoms with Crippen molar-refractivity contribution >= 4 is 34.3 Å². The van der Waals surface area contributed by atoms with Gasteiger partial charge in [-0.2, -0.15) is 0 Å². The number of hydrogen-bond acceptors (Lipinski definition) is 4. The lowest BCUT2D eigenvalue weighted by Gasteiger charge is -2.37. The topological polar surface area (TPSA) is 95.5 Å². The molecule has 1 aromatic carbocycles. The molecule has 9 heteroatoms. The Bertz CT molecular complexity index is 1110. The van der Waals surface area contributed by atoms with E-state index in [4.69, 9.17) is 11.6 Å². The molecule has 0 radical (unpaired) electrons. The molecule has 0 bridgehead atoms. The molecule has 4 rings (SSSR count). The molecule has 1 saturated heterocycles. The molecule has 2 fully saturated rings. The van der Waals surface area contributed by atoms with Crippen LogP contribution in [0, 0.1) is 11.8 Å². The van der Waals surface area contributed by atoms with E-state index in [1.807, 2.05) is 4.90 Å². The number of aromatic amines is 1. The molecule has 31 heavy (non-hydrogen) atoms. The van der Waals surface area contributed by atoms with Crippen LogP contribution >= 0.6 is 11.6 Å². The molecule has 1 aromatic heterocycles. The molecule has 2 aliphatic rings. The van der Waals surface area contributed by atoms with Crippen molar-refractivity contribution in [1.82, 2.24) is 19.4 Å². The predicted molar refractivity (Wildman–Crippen MR) is 118 cm³/mol. The van der Waals surface area contributed by atoms with Crippen molar-refractivity contribution in [2.75, 3.05) is 26.2 Å². The van der Waals surface area contributed by atoms with Crippen LogP contribution in [0.3, 0.4) is 0 Å². The minimum absolute atomic E-state index is 0.0226. The van der Waals surface area contributed by atoms with Crippen LogP contribution in [0.1, 0.15) is 32.6 Å². The van der Waals surface area contributed by atoms with E-state index in [1.54, 1.807) is 30.0 Å². The highest BCUT2D eigenvalue weighted by Gasteiger charge is 2.31. The fraction of sp³-hybridized carbons (Fsp3) is 0.545. The maximum atomic E-state index is 12.9. The number of nitrogens with one attached hydrogen (secondary N) is 1. The molecule has 1 aliphatic heterocycles. The first-order chi connectivity index (χ1) is 14.8. The van der Waals surface area contributed by atoms with Gasteiger partial charge in [0.2, 0.25) is 11.8 Å². The SMILES string of the molecule is CC(=O)N1CCN(C(=O)[C@H]2CC[C@H](Cn3c(=O)[nH]c4ccc(Cl)cc4c3=O)CC2)CC1. The molecule has 0 spiro atoms. The Labute approximate surface area is 184 Å². The molecule has 1 N–H and O–H groups in total. The predicted octanol–water partition coefficient (Wildman–Crippen LogP) is 1.84. The van der Waals surface area contributed by atoms with E-state index in [0.717, 1.165) is 25.7 Å². The van der Waals surface area contributed by atoms with Crippen LogP contribution in [0.4, 0.5) is 0 Å². The van der Waals surface area contributed by atoms with Gasteiger partial charge < -0.3 is 14.8 Å². The van der Waals surface area contributed by atoms with Gasteiger partial charge in [0.25, 0.3) is 5.56 Å². The van der Waals surface area contributed by atoms with Gasteiger partial charge in [-0.05, 0) is 49.8 Å². The lowest BCUT2D eigenvalue weighted by molar-refractivity contribution is -0.142. The zero-order valence-corrected chi connectivity index (χ0v) is 18.4. The molecular formula is C22H27ClN4O4. The monoisotopic (exact) mass is 446 g/mol. The van der Waals surface area contributed by atoms with Gasteiger partial charge in [0, 0.05) is 50.6 Å². The number of benzene rings is 1. The molecule has 8 nitrogen and oxygen atoms in total. The first kappa shape index (κ1) is 21.6. The van der Waals surface area contributed by atoms with Crippen LogP contribution in [0.15, 0.2) is 27.8 Å². The number of rotatable bonds is 3. The summed E-state index contributed by atoms with van der Waals surface area (Å²) in [6.45, 7) is 4.25. The Balaban J connectivity index is 1.38. The third-order valence-electron chi connectivity index (χ3n) is 6.62. The Morgan fingerprint density at radius 1 is 1.03 bits per heavy atom. The van der Waals surface area contributed by atoms with Crippen LogP contribution in [0.2, 0.25) is 5.02 Å². The summed E-state index contributed by atoms with van der Waals surface area (Å²) in [5, 5.41) is 0.854. The molecule has 2 aromatic rings. The van der Waals surface area contributed by atoms with Crippen molar-refractivity contribution in [1.29, 1.82) is 0 Å². The van der Waals surface area contributed by atoms with E-state index in [9.17, 15) is 19.2 Å². The van der Waals surface area contributed by atoms with E-state index in [2.05, 4.69) is 4.98 Å². The lowest BCUT2D eigenvalue weighted by Crippen LogP contribution is -2.51. The molecule has 2 amide bonds. The molecule has 0 atom stereocenters. The second kappa shape index (κ2) is 8.86. The van der Waals surface area contributed by atoms with E-state index >= 15 is 0 Å². The third-order valence-corrected chi connectivity index (χ3v) is 6.85. The average molecular weight is 447 g/mol. The molecule has 2 heterocycles. The van der Waals surface area contributed by atoms with Gasteiger partial charge in [-0.3, -0.25) is 19.0 Å². The second-order valence-corrected chi connectivity index (χ2v) is 9.02.